The van der Waals surface area contributed by atoms with Gasteiger partial charge in [0.05, 0.1) is 25.8 Å². The summed E-state index contributed by atoms with van der Waals surface area (Å²) in [5.74, 6) is 1.25. The number of rotatable bonds is 6. The SMILES string of the molecule is COCCc1noc(CN2CCc3ccccc3C2CO)n1. The lowest BCUT2D eigenvalue weighted by Crippen LogP contribution is -2.36. The van der Waals surface area contributed by atoms with Crippen LogP contribution in [0.2, 0.25) is 0 Å². The van der Waals surface area contributed by atoms with E-state index in [1.165, 1.54) is 11.1 Å². The van der Waals surface area contributed by atoms with Crippen LogP contribution in [-0.4, -0.2) is 47.0 Å². The second-order valence-electron chi connectivity index (χ2n) is 5.46. The van der Waals surface area contributed by atoms with Crippen molar-refractivity contribution in [3.63, 3.8) is 0 Å². The van der Waals surface area contributed by atoms with E-state index in [4.69, 9.17) is 9.26 Å². The Hall–Kier alpha value is -1.76. The first kappa shape index (κ1) is 15.1. The summed E-state index contributed by atoms with van der Waals surface area (Å²) < 4.78 is 10.3. The first-order chi connectivity index (χ1) is 10.8. The van der Waals surface area contributed by atoms with E-state index in [-0.39, 0.29) is 12.6 Å². The number of benzene rings is 1. The molecule has 1 atom stereocenters. The van der Waals surface area contributed by atoms with E-state index in [0.29, 0.717) is 31.3 Å². The van der Waals surface area contributed by atoms with Gasteiger partial charge in [-0.3, -0.25) is 4.90 Å². The molecule has 0 saturated carbocycles. The van der Waals surface area contributed by atoms with Gasteiger partial charge >= 0.3 is 0 Å². The van der Waals surface area contributed by atoms with Crippen LogP contribution in [0.4, 0.5) is 0 Å². The summed E-state index contributed by atoms with van der Waals surface area (Å²) >= 11 is 0. The fourth-order valence-corrected chi connectivity index (χ4v) is 2.93. The maximum absolute atomic E-state index is 9.78. The van der Waals surface area contributed by atoms with Crippen LogP contribution >= 0.6 is 0 Å². The minimum absolute atomic E-state index is 0.0146. The Bertz CT molecular complexity index is 614. The largest absolute Gasteiger partial charge is 0.394 e. The third-order valence-electron chi connectivity index (χ3n) is 4.07. The molecule has 0 saturated heterocycles. The Labute approximate surface area is 129 Å². The van der Waals surface area contributed by atoms with Crippen molar-refractivity contribution in [2.75, 3.05) is 26.9 Å². The highest BCUT2D eigenvalue weighted by Crippen LogP contribution is 2.30. The van der Waals surface area contributed by atoms with Crippen LogP contribution in [0.5, 0.6) is 0 Å². The third kappa shape index (κ3) is 3.19. The summed E-state index contributed by atoms with van der Waals surface area (Å²) in [7, 11) is 1.65. The lowest BCUT2D eigenvalue weighted by atomic mass is 9.93. The lowest BCUT2D eigenvalue weighted by molar-refractivity contribution is 0.0971. The molecular formula is C16H21N3O3. The molecule has 0 spiro atoms. The van der Waals surface area contributed by atoms with Crippen molar-refractivity contribution in [2.24, 2.45) is 0 Å². The van der Waals surface area contributed by atoms with Crippen molar-refractivity contribution in [3.8, 4) is 0 Å². The number of aliphatic hydroxyl groups excluding tert-OH is 1. The van der Waals surface area contributed by atoms with Crippen molar-refractivity contribution >= 4 is 0 Å². The highest BCUT2D eigenvalue weighted by molar-refractivity contribution is 5.32. The molecule has 6 nitrogen and oxygen atoms in total. The summed E-state index contributed by atoms with van der Waals surface area (Å²) in [4.78, 5) is 6.58. The van der Waals surface area contributed by atoms with Gasteiger partial charge in [-0.1, -0.05) is 29.4 Å². The molecule has 0 bridgehead atoms. The highest BCUT2D eigenvalue weighted by Gasteiger charge is 2.27. The van der Waals surface area contributed by atoms with E-state index in [1.54, 1.807) is 7.11 Å². The molecule has 1 unspecified atom stereocenters. The third-order valence-corrected chi connectivity index (χ3v) is 4.07. The molecule has 1 aromatic heterocycles. The second-order valence-corrected chi connectivity index (χ2v) is 5.46. The maximum Gasteiger partial charge on any atom is 0.240 e. The van der Waals surface area contributed by atoms with Crippen molar-refractivity contribution in [1.29, 1.82) is 0 Å². The van der Waals surface area contributed by atoms with Gasteiger partial charge in [0, 0.05) is 20.1 Å². The Balaban J connectivity index is 1.71. The van der Waals surface area contributed by atoms with Crippen LogP contribution < -0.4 is 0 Å². The average molecular weight is 303 g/mol. The molecule has 6 heteroatoms. The number of fused-ring (bicyclic) bond motifs is 1. The molecule has 3 rings (SSSR count). The normalized spacial score (nSPS) is 18.4. The average Bonchev–Trinajstić information content (AvgIpc) is 3.00. The quantitative estimate of drug-likeness (QED) is 0.868. The number of nitrogens with zero attached hydrogens (tertiary/aromatic N) is 3. The van der Waals surface area contributed by atoms with E-state index in [2.05, 4.69) is 27.2 Å². The minimum atomic E-state index is -0.0146. The Kier molecular flexibility index (Phi) is 4.82. The van der Waals surface area contributed by atoms with Gasteiger partial charge < -0.3 is 14.4 Å². The van der Waals surface area contributed by atoms with Crippen molar-refractivity contribution in [2.45, 2.75) is 25.4 Å². The number of aliphatic hydroxyl groups is 1. The van der Waals surface area contributed by atoms with Crippen LogP contribution in [-0.2, 0) is 24.1 Å². The second kappa shape index (κ2) is 7.00. The zero-order valence-electron chi connectivity index (χ0n) is 12.7. The van der Waals surface area contributed by atoms with Crippen LogP contribution in [0.1, 0.15) is 28.9 Å². The zero-order valence-corrected chi connectivity index (χ0v) is 12.7. The Morgan fingerprint density at radius 2 is 2.27 bits per heavy atom. The Morgan fingerprint density at radius 3 is 3.09 bits per heavy atom. The molecule has 1 N–H and O–H groups in total. The van der Waals surface area contributed by atoms with Crippen LogP contribution in [0.3, 0.4) is 0 Å². The van der Waals surface area contributed by atoms with Gasteiger partial charge in [0.2, 0.25) is 5.89 Å². The number of ether oxygens (including phenoxy) is 1. The van der Waals surface area contributed by atoms with Gasteiger partial charge in [-0.25, -0.2) is 0 Å². The fraction of sp³-hybridized carbons (Fsp3) is 0.500. The molecule has 1 aliphatic rings. The van der Waals surface area contributed by atoms with Crippen molar-refractivity contribution in [1.82, 2.24) is 15.0 Å². The van der Waals surface area contributed by atoms with E-state index in [0.717, 1.165) is 13.0 Å². The van der Waals surface area contributed by atoms with Crippen LogP contribution in [0.25, 0.3) is 0 Å². The van der Waals surface area contributed by atoms with Gasteiger partial charge in [-0.05, 0) is 17.5 Å². The summed E-state index contributed by atoms with van der Waals surface area (Å²) in [6.45, 7) is 2.09. The molecule has 118 valence electrons. The van der Waals surface area contributed by atoms with Gasteiger partial charge in [0.1, 0.15) is 0 Å². The van der Waals surface area contributed by atoms with Crippen LogP contribution in [0, 0.1) is 0 Å². The predicted octanol–water partition coefficient (Wildman–Crippen LogP) is 1.35. The van der Waals surface area contributed by atoms with Gasteiger partial charge in [0.15, 0.2) is 5.82 Å². The molecule has 0 aliphatic carbocycles. The number of methoxy groups -OCH3 is 1. The number of hydrogen-bond acceptors (Lipinski definition) is 6. The standard InChI is InChI=1S/C16H21N3O3/c1-21-9-7-15-17-16(22-18-15)10-19-8-6-12-4-2-3-5-13(12)14(19)11-20/h2-5,14,20H,6-11H2,1H3. The number of aromatic nitrogens is 2. The minimum Gasteiger partial charge on any atom is -0.394 e. The maximum atomic E-state index is 9.78. The zero-order chi connectivity index (χ0) is 15.4. The smallest absolute Gasteiger partial charge is 0.240 e. The first-order valence-electron chi connectivity index (χ1n) is 7.55. The molecule has 0 fully saturated rings. The first-order valence-corrected chi connectivity index (χ1v) is 7.55. The van der Waals surface area contributed by atoms with E-state index >= 15 is 0 Å². The predicted molar refractivity (Wildman–Crippen MR) is 80.3 cm³/mol. The topological polar surface area (TPSA) is 71.6 Å². The van der Waals surface area contributed by atoms with Crippen molar-refractivity contribution < 1.29 is 14.4 Å². The summed E-state index contributed by atoms with van der Waals surface area (Å²) in [5.41, 5.74) is 2.50. The fourth-order valence-electron chi connectivity index (χ4n) is 2.93. The molecule has 0 amide bonds. The van der Waals surface area contributed by atoms with Crippen LogP contribution in [0.15, 0.2) is 28.8 Å². The van der Waals surface area contributed by atoms with Gasteiger partial charge in [-0.15, -0.1) is 0 Å². The monoisotopic (exact) mass is 303 g/mol. The summed E-state index contributed by atoms with van der Waals surface area (Å²) in [6, 6.07) is 8.26. The molecule has 1 aliphatic heterocycles. The summed E-state index contributed by atoms with van der Waals surface area (Å²) in [5, 5.41) is 13.7. The number of hydrogen-bond donors (Lipinski definition) is 1. The summed E-state index contributed by atoms with van der Waals surface area (Å²) in [6.07, 6.45) is 1.61. The van der Waals surface area contributed by atoms with Gasteiger partial charge in [0.25, 0.3) is 0 Å². The molecule has 2 aromatic rings. The van der Waals surface area contributed by atoms with E-state index < -0.39 is 0 Å². The molecule has 22 heavy (non-hydrogen) atoms. The highest BCUT2D eigenvalue weighted by atomic mass is 16.5. The van der Waals surface area contributed by atoms with Crippen molar-refractivity contribution in [3.05, 3.63) is 47.1 Å². The molecule has 1 aromatic carbocycles. The molecule has 0 radical (unpaired) electrons. The van der Waals surface area contributed by atoms with Gasteiger partial charge in [-0.2, -0.15) is 4.98 Å². The van der Waals surface area contributed by atoms with E-state index in [1.807, 2.05) is 12.1 Å². The molecular weight excluding hydrogens is 282 g/mol. The Morgan fingerprint density at radius 1 is 1.41 bits per heavy atom. The molecule has 2 heterocycles. The lowest BCUT2D eigenvalue weighted by Gasteiger charge is -2.35. The van der Waals surface area contributed by atoms with E-state index in [9.17, 15) is 5.11 Å².